The number of nitrogens with zero attached hydrogens (tertiary/aromatic N) is 1. The molecule has 1 unspecified atom stereocenters. The molecule has 0 aromatic heterocycles. The molecule has 0 aliphatic carbocycles. The van der Waals surface area contributed by atoms with Crippen LogP contribution in [0.3, 0.4) is 0 Å². The molecule has 0 bridgehead atoms. The highest BCUT2D eigenvalue weighted by atomic mass is 16.2. The Morgan fingerprint density at radius 1 is 1.53 bits per heavy atom. The minimum atomic E-state index is -0.115. The summed E-state index contributed by atoms with van der Waals surface area (Å²) in [5.74, 6) is 4.98. The molecule has 6 nitrogen and oxygen atoms in total. The monoisotopic (exact) mass is 242 g/mol. The lowest BCUT2D eigenvalue weighted by atomic mass is 10.1. The first-order chi connectivity index (χ1) is 8.15. The van der Waals surface area contributed by atoms with E-state index in [9.17, 15) is 9.59 Å². The number of carbonyl (C=O) groups excluding carboxylic acids is 2. The number of rotatable bonds is 6. The highest BCUT2D eigenvalue weighted by Gasteiger charge is 2.24. The Labute approximate surface area is 102 Å². The van der Waals surface area contributed by atoms with Gasteiger partial charge in [0.2, 0.25) is 11.8 Å². The van der Waals surface area contributed by atoms with Gasteiger partial charge in [0, 0.05) is 19.5 Å². The van der Waals surface area contributed by atoms with Gasteiger partial charge in [-0.05, 0) is 26.3 Å². The summed E-state index contributed by atoms with van der Waals surface area (Å²) in [4.78, 5) is 24.5. The van der Waals surface area contributed by atoms with Crippen LogP contribution in [0, 0.1) is 0 Å². The van der Waals surface area contributed by atoms with Crippen molar-refractivity contribution in [2.75, 3.05) is 19.6 Å². The lowest BCUT2D eigenvalue weighted by Crippen LogP contribution is -2.53. The summed E-state index contributed by atoms with van der Waals surface area (Å²) in [6, 6.07) is -0.0314. The van der Waals surface area contributed by atoms with E-state index >= 15 is 0 Å². The predicted molar refractivity (Wildman–Crippen MR) is 64.8 cm³/mol. The highest BCUT2D eigenvalue weighted by molar-refractivity contribution is 5.81. The van der Waals surface area contributed by atoms with E-state index in [2.05, 4.69) is 15.6 Å². The Bertz CT molecular complexity index is 270. The van der Waals surface area contributed by atoms with Crippen molar-refractivity contribution in [3.63, 3.8) is 0 Å². The summed E-state index contributed by atoms with van der Waals surface area (Å²) in [5.41, 5.74) is 2.12. The largest absolute Gasteiger partial charge is 0.353 e. The molecule has 1 rings (SSSR count). The molecule has 98 valence electrons. The number of unbranched alkanes of at least 4 members (excludes halogenated alkanes) is 2. The zero-order chi connectivity index (χ0) is 12.7. The Morgan fingerprint density at radius 2 is 2.29 bits per heavy atom. The number of carbonyl (C=O) groups is 2. The van der Waals surface area contributed by atoms with Crippen LogP contribution in [0.2, 0.25) is 0 Å². The fourth-order valence-electron chi connectivity index (χ4n) is 1.98. The maximum atomic E-state index is 11.4. The van der Waals surface area contributed by atoms with Gasteiger partial charge in [0.25, 0.3) is 0 Å². The number of nitrogens with two attached hydrogens (primary N) is 1. The van der Waals surface area contributed by atoms with Gasteiger partial charge in [0.1, 0.15) is 0 Å². The molecular formula is C11H22N4O2. The second kappa shape index (κ2) is 7.24. The summed E-state index contributed by atoms with van der Waals surface area (Å²) in [6.07, 6.45) is 3.32. The molecule has 1 saturated heterocycles. The van der Waals surface area contributed by atoms with Crippen molar-refractivity contribution >= 4 is 11.8 Å². The molecule has 1 aliphatic heterocycles. The SMILES string of the molecule is CC1C(=O)NCCN1CCCCCC(=O)NN. The molecule has 0 aromatic carbocycles. The summed E-state index contributed by atoms with van der Waals surface area (Å²) in [6.45, 7) is 4.49. The molecule has 0 saturated carbocycles. The Hall–Kier alpha value is -1.14. The van der Waals surface area contributed by atoms with Crippen molar-refractivity contribution in [2.45, 2.75) is 38.6 Å². The fraction of sp³-hybridized carbons (Fsp3) is 0.818. The normalized spacial score (nSPS) is 21.1. The van der Waals surface area contributed by atoms with E-state index in [1.165, 1.54) is 0 Å². The average molecular weight is 242 g/mol. The van der Waals surface area contributed by atoms with Gasteiger partial charge in [-0.25, -0.2) is 5.84 Å². The zero-order valence-electron chi connectivity index (χ0n) is 10.4. The lowest BCUT2D eigenvalue weighted by molar-refractivity contribution is -0.128. The smallest absolute Gasteiger partial charge is 0.237 e. The quantitative estimate of drug-likeness (QED) is 0.250. The van der Waals surface area contributed by atoms with Crippen LogP contribution in [0.4, 0.5) is 0 Å². The second-order valence-corrected chi connectivity index (χ2v) is 4.38. The Balaban J connectivity index is 2.09. The molecular weight excluding hydrogens is 220 g/mol. The van der Waals surface area contributed by atoms with Gasteiger partial charge in [-0.3, -0.25) is 19.9 Å². The molecule has 0 radical (unpaired) electrons. The van der Waals surface area contributed by atoms with Gasteiger partial charge >= 0.3 is 0 Å². The summed E-state index contributed by atoms with van der Waals surface area (Å²) in [5, 5.41) is 2.84. The molecule has 4 N–H and O–H groups in total. The molecule has 1 atom stereocenters. The van der Waals surface area contributed by atoms with Crippen molar-refractivity contribution in [1.82, 2.24) is 15.6 Å². The first-order valence-corrected chi connectivity index (χ1v) is 6.16. The van der Waals surface area contributed by atoms with E-state index in [0.717, 1.165) is 38.9 Å². The predicted octanol–water partition coefficient (Wildman–Crippen LogP) is -0.643. The first kappa shape index (κ1) is 13.9. The third kappa shape index (κ3) is 4.70. The molecule has 0 spiro atoms. The molecule has 1 aliphatic rings. The summed E-state index contributed by atoms with van der Waals surface area (Å²) < 4.78 is 0. The van der Waals surface area contributed by atoms with Crippen LogP contribution in [0.25, 0.3) is 0 Å². The molecule has 2 amide bonds. The zero-order valence-corrected chi connectivity index (χ0v) is 10.4. The second-order valence-electron chi connectivity index (χ2n) is 4.38. The summed E-state index contributed by atoms with van der Waals surface area (Å²) in [7, 11) is 0. The topological polar surface area (TPSA) is 87.5 Å². The van der Waals surface area contributed by atoms with E-state index < -0.39 is 0 Å². The standard InChI is InChI=1S/C11H22N4O2/c1-9-11(17)13-6-8-15(9)7-4-2-3-5-10(16)14-12/h9H,2-8,12H2,1H3,(H,13,17)(H,14,16). The van der Waals surface area contributed by atoms with Crippen LogP contribution >= 0.6 is 0 Å². The van der Waals surface area contributed by atoms with Crippen molar-refractivity contribution in [2.24, 2.45) is 5.84 Å². The van der Waals surface area contributed by atoms with Crippen LogP contribution in [0.5, 0.6) is 0 Å². The van der Waals surface area contributed by atoms with Crippen molar-refractivity contribution in [3.8, 4) is 0 Å². The molecule has 1 heterocycles. The van der Waals surface area contributed by atoms with E-state index in [1.54, 1.807) is 0 Å². The van der Waals surface area contributed by atoms with Gasteiger partial charge in [0.15, 0.2) is 0 Å². The minimum absolute atomic E-state index is 0.0314. The van der Waals surface area contributed by atoms with Crippen LogP contribution in [0.15, 0.2) is 0 Å². The van der Waals surface area contributed by atoms with E-state index in [4.69, 9.17) is 5.84 Å². The van der Waals surface area contributed by atoms with Gasteiger partial charge < -0.3 is 5.32 Å². The van der Waals surface area contributed by atoms with Crippen LogP contribution in [-0.4, -0.2) is 42.4 Å². The van der Waals surface area contributed by atoms with Gasteiger partial charge in [-0.1, -0.05) is 6.42 Å². The maximum absolute atomic E-state index is 11.4. The fourth-order valence-corrected chi connectivity index (χ4v) is 1.98. The third-order valence-electron chi connectivity index (χ3n) is 3.14. The first-order valence-electron chi connectivity index (χ1n) is 6.16. The number of hydrogen-bond donors (Lipinski definition) is 3. The molecule has 6 heteroatoms. The van der Waals surface area contributed by atoms with Crippen LogP contribution < -0.4 is 16.6 Å². The Kier molecular flexibility index (Phi) is 5.93. The van der Waals surface area contributed by atoms with Gasteiger partial charge in [0.05, 0.1) is 6.04 Å². The van der Waals surface area contributed by atoms with E-state index in [-0.39, 0.29) is 17.9 Å². The molecule has 1 fully saturated rings. The van der Waals surface area contributed by atoms with Crippen molar-refractivity contribution < 1.29 is 9.59 Å². The molecule has 0 aromatic rings. The number of hydrogen-bond acceptors (Lipinski definition) is 4. The van der Waals surface area contributed by atoms with Crippen molar-refractivity contribution in [1.29, 1.82) is 0 Å². The van der Waals surface area contributed by atoms with E-state index in [0.29, 0.717) is 6.42 Å². The Morgan fingerprint density at radius 3 is 3.00 bits per heavy atom. The third-order valence-corrected chi connectivity index (χ3v) is 3.14. The lowest BCUT2D eigenvalue weighted by Gasteiger charge is -2.32. The van der Waals surface area contributed by atoms with Crippen molar-refractivity contribution in [3.05, 3.63) is 0 Å². The number of piperazine rings is 1. The van der Waals surface area contributed by atoms with Gasteiger partial charge in [-0.15, -0.1) is 0 Å². The minimum Gasteiger partial charge on any atom is -0.353 e. The van der Waals surface area contributed by atoms with Gasteiger partial charge in [-0.2, -0.15) is 0 Å². The number of amides is 2. The maximum Gasteiger partial charge on any atom is 0.237 e. The van der Waals surface area contributed by atoms with E-state index in [1.807, 2.05) is 6.92 Å². The van der Waals surface area contributed by atoms with Crippen LogP contribution in [-0.2, 0) is 9.59 Å². The van der Waals surface area contributed by atoms with Crippen LogP contribution in [0.1, 0.15) is 32.6 Å². The summed E-state index contributed by atoms with van der Waals surface area (Å²) >= 11 is 0. The highest BCUT2D eigenvalue weighted by Crippen LogP contribution is 2.07. The average Bonchev–Trinajstić information content (AvgIpc) is 2.33. The number of hydrazine groups is 1. The molecule has 17 heavy (non-hydrogen) atoms. The number of nitrogens with one attached hydrogen (secondary N) is 2.